The molecule has 0 aliphatic carbocycles. The van der Waals surface area contributed by atoms with E-state index in [2.05, 4.69) is 5.32 Å². The number of carbonyl (C=O) groups is 1. The number of rotatable bonds is 2. The zero-order valence-electron chi connectivity index (χ0n) is 11.3. The number of hydrogen-bond acceptors (Lipinski definition) is 3. The Kier molecular flexibility index (Phi) is 3.73. The van der Waals surface area contributed by atoms with Gasteiger partial charge in [-0.2, -0.15) is 0 Å². The molecule has 2 aromatic rings. The molecule has 0 atom stereocenters. The largest absolute Gasteiger partial charge is 0.490 e. The van der Waals surface area contributed by atoms with E-state index in [0.717, 1.165) is 6.42 Å². The van der Waals surface area contributed by atoms with Gasteiger partial charge in [-0.15, -0.1) is 0 Å². The van der Waals surface area contributed by atoms with E-state index < -0.39 is 0 Å². The van der Waals surface area contributed by atoms with E-state index >= 15 is 0 Å². The van der Waals surface area contributed by atoms with Crippen LogP contribution in [0.1, 0.15) is 16.8 Å². The Labute approximate surface area is 121 Å². The van der Waals surface area contributed by atoms with Crippen molar-refractivity contribution in [2.75, 3.05) is 18.5 Å². The van der Waals surface area contributed by atoms with E-state index in [0.29, 0.717) is 36.0 Å². The molecule has 0 bridgehead atoms. The molecule has 2 aromatic carbocycles. The molecule has 1 amide bonds. The zero-order chi connectivity index (χ0) is 14.7. The van der Waals surface area contributed by atoms with Crippen molar-refractivity contribution in [3.05, 3.63) is 53.8 Å². The van der Waals surface area contributed by atoms with Crippen LogP contribution in [0.15, 0.2) is 42.5 Å². The van der Waals surface area contributed by atoms with Gasteiger partial charge in [0.25, 0.3) is 5.91 Å². The van der Waals surface area contributed by atoms with Gasteiger partial charge in [0.05, 0.1) is 13.2 Å². The van der Waals surface area contributed by atoms with Gasteiger partial charge >= 0.3 is 0 Å². The van der Waals surface area contributed by atoms with Crippen LogP contribution in [0, 0.1) is 5.82 Å². The fourth-order valence-corrected chi connectivity index (χ4v) is 2.05. The van der Waals surface area contributed by atoms with Crippen LogP contribution in [0.5, 0.6) is 11.5 Å². The van der Waals surface area contributed by atoms with Gasteiger partial charge < -0.3 is 14.8 Å². The molecule has 0 unspecified atom stereocenters. The lowest BCUT2D eigenvalue weighted by molar-refractivity contribution is 0.102. The molecule has 0 saturated heterocycles. The summed E-state index contributed by atoms with van der Waals surface area (Å²) in [5, 5.41) is 2.75. The third-order valence-corrected chi connectivity index (χ3v) is 3.11. The van der Waals surface area contributed by atoms with Crippen LogP contribution in [0.2, 0.25) is 0 Å². The maximum absolute atomic E-state index is 12.8. The van der Waals surface area contributed by atoms with Crippen LogP contribution in [0.3, 0.4) is 0 Å². The summed E-state index contributed by atoms with van der Waals surface area (Å²) in [7, 11) is 0. The van der Waals surface area contributed by atoms with Crippen LogP contribution < -0.4 is 14.8 Å². The van der Waals surface area contributed by atoms with Gasteiger partial charge in [0.2, 0.25) is 0 Å². The van der Waals surface area contributed by atoms with Crippen LogP contribution in [-0.4, -0.2) is 19.1 Å². The number of carbonyl (C=O) groups excluding carboxylic acids is 1. The first-order chi connectivity index (χ1) is 10.2. The predicted octanol–water partition coefficient (Wildman–Crippen LogP) is 3.24. The Balaban J connectivity index is 1.77. The molecule has 0 radical (unpaired) electrons. The van der Waals surface area contributed by atoms with Crippen molar-refractivity contribution in [3.8, 4) is 11.5 Å². The summed E-state index contributed by atoms with van der Waals surface area (Å²) in [4.78, 5) is 12.1. The summed E-state index contributed by atoms with van der Waals surface area (Å²) in [5.74, 6) is 0.614. The Morgan fingerprint density at radius 2 is 1.71 bits per heavy atom. The van der Waals surface area contributed by atoms with E-state index in [-0.39, 0.29) is 11.7 Å². The Morgan fingerprint density at radius 1 is 1.00 bits per heavy atom. The zero-order valence-corrected chi connectivity index (χ0v) is 11.3. The average Bonchev–Trinajstić information content (AvgIpc) is 2.72. The smallest absolute Gasteiger partial charge is 0.255 e. The first kappa shape index (κ1) is 13.4. The molecule has 1 aliphatic rings. The molecule has 21 heavy (non-hydrogen) atoms. The second-order valence-electron chi connectivity index (χ2n) is 4.67. The summed E-state index contributed by atoms with van der Waals surface area (Å²) < 4.78 is 23.9. The summed E-state index contributed by atoms with van der Waals surface area (Å²) in [5.41, 5.74) is 0.997. The lowest BCUT2D eigenvalue weighted by atomic mass is 10.2. The first-order valence-corrected chi connectivity index (χ1v) is 6.69. The normalized spacial score (nSPS) is 13.4. The molecule has 5 heteroatoms. The minimum absolute atomic E-state index is 0.301. The van der Waals surface area contributed by atoms with E-state index in [9.17, 15) is 9.18 Å². The van der Waals surface area contributed by atoms with E-state index in [1.54, 1.807) is 18.2 Å². The lowest BCUT2D eigenvalue weighted by Gasteiger charge is -2.10. The van der Waals surface area contributed by atoms with Gasteiger partial charge in [-0.25, -0.2) is 4.39 Å². The molecule has 1 aliphatic heterocycles. The molecule has 0 saturated carbocycles. The van der Waals surface area contributed by atoms with Crippen molar-refractivity contribution in [1.82, 2.24) is 0 Å². The molecule has 108 valence electrons. The second kappa shape index (κ2) is 5.83. The van der Waals surface area contributed by atoms with Crippen molar-refractivity contribution in [2.45, 2.75) is 6.42 Å². The lowest BCUT2D eigenvalue weighted by Crippen LogP contribution is -2.11. The van der Waals surface area contributed by atoms with E-state index in [4.69, 9.17) is 9.47 Å². The molecule has 4 nitrogen and oxygen atoms in total. The topological polar surface area (TPSA) is 47.6 Å². The third kappa shape index (κ3) is 3.13. The molecule has 0 aromatic heterocycles. The highest BCUT2D eigenvalue weighted by Crippen LogP contribution is 2.32. The van der Waals surface area contributed by atoms with Gasteiger partial charge in [-0.05, 0) is 36.4 Å². The average molecular weight is 287 g/mol. The fourth-order valence-electron chi connectivity index (χ4n) is 2.05. The van der Waals surface area contributed by atoms with Gasteiger partial charge in [0, 0.05) is 23.7 Å². The maximum atomic E-state index is 12.8. The maximum Gasteiger partial charge on any atom is 0.255 e. The predicted molar refractivity (Wildman–Crippen MR) is 76.4 cm³/mol. The molecular weight excluding hydrogens is 273 g/mol. The molecule has 0 fully saturated rings. The number of benzene rings is 2. The van der Waals surface area contributed by atoms with Crippen molar-refractivity contribution in [1.29, 1.82) is 0 Å². The highest BCUT2D eigenvalue weighted by molar-refractivity contribution is 6.04. The number of ether oxygens (including phenoxy) is 2. The highest BCUT2D eigenvalue weighted by Gasteiger charge is 2.12. The van der Waals surface area contributed by atoms with Crippen molar-refractivity contribution in [3.63, 3.8) is 0 Å². The SMILES string of the molecule is O=C(Nc1ccc2c(c1)OCCCO2)c1ccc(F)cc1. The van der Waals surface area contributed by atoms with Gasteiger partial charge in [0.1, 0.15) is 5.82 Å². The standard InChI is InChI=1S/C16H14FNO3/c17-12-4-2-11(3-5-12)16(19)18-13-6-7-14-15(10-13)21-9-1-8-20-14/h2-7,10H,1,8-9H2,(H,18,19). The molecule has 1 heterocycles. The van der Waals surface area contributed by atoms with Gasteiger partial charge in [0.15, 0.2) is 11.5 Å². The van der Waals surface area contributed by atoms with E-state index in [1.807, 2.05) is 0 Å². The fraction of sp³-hybridized carbons (Fsp3) is 0.188. The van der Waals surface area contributed by atoms with Crippen LogP contribution in [0.25, 0.3) is 0 Å². The Hall–Kier alpha value is -2.56. The number of anilines is 1. The van der Waals surface area contributed by atoms with Crippen LogP contribution in [0.4, 0.5) is 10.1 Å². The molecular formula is C16H14FNO3. The first-order valence-electron chi connectivity index (χ1n) is 6.69. The molecule has 0 spiro atoms. The summed E-state index contributed by atoms with van der Waals surface area (Å²) in [6.07, 6.45) is 0.825. The van der Waals surface area contributed by atoms with E-state index in [1.165, 1.54) is 24.3 Å². The van der Waals surface area contributed by atoms with Crippen molar-refractivity contribution >= 4 is 11.6 Å². The van der Waals surface area contributed by atoms with Crippen molar-refractivity contribution in [2.24, 2.45) is 0 Å². The number of halogens is 1. The third-order valence-electron chi connectivity index (χ3n) is 3.11. The number of fused-ring (bicyclic) bond motifs is 1. The summed E-state index contributed by atoms with van der Waals surface area (Å²) >= 11 is 0. The number of hydrogen-bond donors (Lipinski definition) is 1. The summed E-state index contributed by atoms with van der Waals surface area (Å²) in [6, 6.07) is 10.6. The molecule has 1 N–H and O–H groups in total. The van der Waals surface area contributed by atoms with Gasteiger partial charge in [-0.1, -0.05) is 0 Å². The van der Waals surface area contributed by atoms with Gasteiger partial charge in [-0.3, -0.25) is 4.79 Å². The number of nitrogens with one attached hydrogen (secondary N) is 1. The second-order valence-corrected chi connectivity index (χ2v) is 4.67. The monoisotopic (exact) mass is 287 g/mol. The quantitative estimate of drug-likeness (QED) is 0.922. The Morgan fingerprint density at radius 3 is 2.48 bits per heavy atom. The minimum atomic E-state index is -0.373. The highest BCUT2D eigenvalue weighted by atomic mass is 19.1. The van der Waals surface area contributed by atoms with Crippen LogP contribution in [-0.2, 0) is 0 Å². The Bertz CT molecular complexity index is 655. The minimum Gasteiger partial charge on any atom is -0.490 e. The number of amides is 1. The molecule has 3 rings (SSSR count). The van der Waals surface area contributed by atoms with Crippen molar-refractivity contribution < 1.29 is 18.7 Å². The van der Waals surface area contributed by atoms with Crippen LogP contribution >= 0.6 is 0 Å². The summed E-state index contributed by atoms with van der Waals surface area (Å²) in [6.45, 7) is 1.21.